The Balaban J connectivity index is 0.00000100. The van der Waals surface area contributed by atoms with Gasteiger partial charge in [-0.25, -0.2) is 8.78 Å². The fraction of sp³-hybridized carbons (Fsp3) is 0.0714. The molecule has 0 aliphatic rings. The minimum Gasteiger partial charge on any atom is -0.400 e. The zero-order valence-electron chi connectivity index (χ0n) is 12.4. The quantitative estimate of drug-likeness (QED) is 0.492. The number of aliphatic hydroxyl groups excluding tert-OH is 1. The minimum atomic E-state index is -1.07. The Morgan fingerprint density at radius 1 is 1.29 bits per heavy atom. The van der Waals surface area contributed by atoms with Crippen LogP contribution in [0, 0.1) is 11.6 Å². The van der Waals surface area contributed by atoms with Gasteiger partial charge in [-0.1, -0.05) is 18.9 Å². The first-order valence-electron chi connectivity index (χ1n) is 6.50. The molecule has 0 spiro atoms. The predicted octanol–water partition coefficient (Wildman–Crippen LogP) is 1.71. The van der Waals surface area contributed by atoms with Crippen molar-refractivity contribution in [1.29, 1.82) is 0 Å². The van der Waals surface area contributed by atoms with Gasteiger partial charge in [-0.15, -0.1) is 10.2 Å². The normalized spacial score (nSPS) is 10.2. The van der Waals surface area contributed by atoms with Gasteiger partial charge in [0, 0.05) is 18.9 Å². The van der Waals surface area contributed by atoms with Gasteiger partial charge in [-0.2, -0.15) is 0 Å². The molecule has 7 nitrogen and oxygen atoms in total. The number of carbonyl (C=O) groups is 1. The highest BCUT2D eigenvalue weighted by molar-refractivity contribution is 7.78. The number of anilines is 1. The van der Waals surface area contributed by atoms with Crippen molar-refractivity contribution in [2.24, 2.45) is 0 Å². The molecule has 0 saturated heterocycles. The van der Waals surface area contributed by atoms with Crippen LogP contribution in [-0.4, -0.2) is 37.2 Å². The van der Waals surface area contributed by atoms with Crippen LogP contribution in [0.5, 0.6) is 0 Å². The maximum Gasteiger partial charge on any atom is 0.227 e. The smallest absolute Gasteiger partial charge is 0.227 e. The van der Waals surface area contributed by atoms with E-state index in [0.29, 0.717) is 11.8 Å². The van der Waals surface area contributed by atoms with Crippen molar-refractivity contribution in [3.8, 4) is 17.1 Å². The largest absolute Gasteiger partial charge is 0.400 e. The molecule has 3 N–H and O–H groups in total. The molecule has 0 radical (unpaired) electrons. The van der Waals surface area contributed by atoms with Gasteiger partial charge in [0.1, 0.15) is 0 Å². The van der Waals surface area contributed by atoms with Gasteiger partial charge in [-0.05, 0) is 18.2 Å². The van der Waals surface area contributed by atoms with Crippen molar-refractivity contribution in [3.63, 3.8) is 0 Å². The van der Waals surface area contributed by atoms with Crippen LogP contribution in [-0.2, 0) is 0 Å². The van der Waals surface area contributed by atoms with Gasteiger partial charge in [0.15, 0.2) is 23.7 Å². The van der Waals surface area contributed by atoms with E-state index in [4.69, 9.17) is 10.8 Å². The third kappa shape index (κ3) is 3.01. The summed E-state index contributed by atoms with van der Waals surface area (Å²) in [5.41, 5.74) is 6.29. The molecule has 0 amide bonds. The van der Waals surface area contributed by atoms with Crippen LogP contribution >= 0.6 is 12.8 Å². The van der Waals surface area contributed by atoms with E-state index in [1.165, 1.54) is 28.4 Å². The number of carbonyl (C=O) groups excluding carboxylic acids is 1. The summed E-state index contributed by atoms with van der Waals surface area (Å²) < 4.78 is 29.9. The number of hydrogen-bond donors (Lipinski definition) is 3. The van der Waals surface area contributed by atoms with Gasteiger partial charge in [-0.3, -0.25) is 13.3 Å². The molecular weight excluding hydrogens is 340 g/mol. The van der Waals surface area contributed by atoms with Gasteiger partial charge in [0.2, 0.25) is 5.95 Å². The van der Waals surface area contributed by atoms with Crippen LogP contribution in [0.15, 0.2) is 30.5 Å². The number of nitrogen functional groups attached to an aromatic ring is 1. The number of aliphatic hydroxyl groups is 1. The zero-order valence-corrected chi connectivity index (χ0v) is 13.3. The van der Waals surface area contributed by atoms with Gasteiger partial charge >= 0.3 is 0 Å². The van der Waals surface area contributed by atoms with Gasteiger partial charge in [0.05, 0.1) is 11.4 Å². The Hall–Kier alpha value is -2.72. The average Bonchev–Trinajstić information content (AvgIpc) is 3.14. The van der Waals surface area contributed by atoms with Crippen molar-refractivity contribution >= 4 is 25.0 Å². The third-order valence-corrected chi connectivity index (χ3v) is 3.41. The number of rotatable bonds is 3. The van der Waals surface area contributed by atoms with Crippen LogP contribution < -0.4 is 5.73 Å². The lowest BCUT2D eigenvalue weighted by molar-refractivity contribution is 0.111. The first kappa shape index (κ1) is 17.6. The van der Waals surface area contributed by atoms with E-state index in [1.54, 1.807) is 0 Å². The zero-order chi connectivity index (χ0) is 17.9. The number of aromatic nitrogens is 4. The second-order valence-corrected chi connectivity index (χ2v) is 4.84. The SMILES string of the molecule is CO.Nc1nnc(-c2cc(C=O)n(S)c2)n1-c1cccc(F)c1F. The molecule has 0 bridgehead atoms. The summed E-state index contributed by atoms with van der Waals surface area (Å²) in [6, 6.07) is 5.17. The third-order valence-electron chi connectivity index (χ3n) is 3.07. The number of aldehydes is 1. The average molecular weight is 353 g/mol. The van der Waals surface area contributed by atoms with Crippen molar-refractivity contribution in [3.05, 3.63) is 47.8 Å². The standard InChI is InChI=1S/C13H9F2N5OS.CH4O/c14-9-2-1-3-10(11(9)15)20-12(17-18-13(20)16)7-4-8(6-21)19(22)5-7;1-2/h1-6,22H,(H2,16,18);2H,1H3. The fourth-order valence-electron chi connectivity index (χ4n) is 2.07. The first-order valence-corrected chi connectivity index (χ1v) is 6.90. The Labute approximate surface area is 140 Å². The van der Waals surface area contributed by atoms with E-state index in [2.05, 4.69) is 23.0 Å². The monoisotopic (exact) mass is 353 g/mol. The molecule has 0 atom stereocenters. The van der Waals surface area contributed by atoms with E-state index >= 15 is 0 Å². The molecular formula is C14H13F2N5O2S. The van der Waals surface area contributed by atoms with Crippen LogP contribution in [0.1, 0.15) is 10.5 Å². The molecule has 0 unspecified atom stereocenters. The second-order valence-electron chi connectivity index (χ2n) is 4.41. The lowest BCUT2D eigenvalue weighted by atomic mass is 10.2. The van der Waals surface area contributed by atoms with Crippen molar-refractivity contribution in [1.82, 2.24) is 18.7 Å². The summed E-state index contributed by atoms with van der Waals surface area (Å²) >= 11 is 4.08. The van der Waals surface area contributed by atoms with E-state index in [-0.39, 0.29) is 23.2 Å². The summed E-state index contributed by atoms with van der Waals surface area (Å²) in [6.07, 6.45) is 2.09. The van der Waals surface area contributed by atoms with E-state index in [9.17, 15) is 13.6 Å². The summed E-state index contributed by atoms with van der Waals surface area (Å²) in [6.45, 7) is 0. The number of hydrogen-bond acceptors (Lipinski definition) is 6. The van der Waals surface area contributed by atoms with Crippen molar-refractivity contribution < 1.29 is 18.7 Å². The molecule has 0 saturated carbocycles. The molecule has 1 aromatic carbocycles. The van der Waals surface area contributed by atoms with Crippen molar-refractivity contribution in [2.45, 2.75) is 0 Å². The van der Waals surface area contributed by atoms with E-state index in [1.807, 2.05) is 0 Å². The van der Waals surface area contributed by atoms with E-state index in [0.717, 1.165) is 17.7 Å². The fourth-order valence-corrected chi connectivity index (χ4v) is 2.29. The lowest BCUT2D eigenvalue weighted by Gasteiger charge is -2.08. The number of nitrogens with zero attached hydrogens (tertiary/aromatic N) is 4. The molecule has 24 heavy (non-hydrogen) atoms. The number of benzene rings is 1. The van der Waals surface area contributed by atoms with Crippen molar-refractivity contribution in [2.75, 3.05) is 12.8 Å². The number of thiol groups is 1. The Bertz CT molecular complexity index is 878. The summed E-state index contributed by atoms with van der Waals surface area (Å²) in [5, 5.41) is 14.5. The highest BCUT2D eigenvalue weighted by Crippen LogP contribution is 2.27. The molecule has 3 aromatic rings. The Morgan fingerprint density at radius 3 is 2.62 bits per heavy atom. The number of nitrogens with two attached hydrogens (primary N) is 1. The molecule has 2 heterocycles. The highest BCUT2D eigenvalue weighted by Gasteiger charge is 2.19. The molecule has 126 valence electrons. The molecule has 2 aromatic heterocycles. The van der Waals surface area contributed by atoms with E-state index < -0.39 is 11.6 Å². The van der Waals surface area contributed by atoms with Crippen LogP contribution in [0.3, 0.4) is 0 Å². The summed E-state index contributed by atoms with van der Waals surface area (Å²) in [7, 11) is 1.00. The topological polar surface area (TPSA) is 99.0 Å². The van der Waals surface area contributed by atoms with Gasteiger partial charge < -0.3 is 10.8 Å². The van der Waals surface area contributed by atoms with Crippen LogP contribution in [0.4, 0.5) is 14.7 Å². The second kappa shape index (κ2) is 7.23. The molecule has 0 fully saturated rings. The summed E-state index contributed by atoms with van der Waals surface area (Å²) in [5.74, 6) is -2.04. The lowest BCUT2D eigenvalue weighted by Crippen LogP contribution is -2.05. The Morgan fingerprint density at radius 2 is 2.00 bits per heavy atom. The molecule has 0 aliphatic heterocycles. The Kier molecular flexibility index (Phi) is 5.31. The highest BCUT2D eigenvalue weighted by atomic mass is 32.1. The van der Waals surface area contributed by atoms with Gasteiger partial charge in [0.25, 0.3) is 0 Å². The number of halogens is 2. The maximum absolute atomic E-state index is 14.0. The predicted molar refractivity (Wildman–Crippen MR) is 87.0 cm³/mol. The molecule has 3 rings (SSSR count). The molecule has 0 aliphatic carbocycles. The first-order chi connectivity index (χ1) is 11.5. The van der Waals surface area contributed by atoms with Crippen LogP contribution in [0.25, 0.3) is 17.1 Å². The minimum absolute atomic E-state index is 0.112. The molecule has 10 heteroatoms. The maximum atomic E-state index is 14.0. The van der Waals surface area contributed by atoms with Crippen LogP contribution in [0.2, 0.25) is 0 Å². The summed E-state index contributed by atoms with van der Waals surface area (Å²) in [4.78, 5) is 10.9.